The Morgan fingerprint density at radius 1 is 1.32 bits per heavy atom. The van der Waals surface area contributed by atoms with E-state index in [1.165, 1.54) is 4.90 Å². The number of sulfonamides is 1. The molecule has 6 nitrogen and oxygen atoms in total. The maximum atomic E-state index is 12.5. The molecule has 1 aliphatic carbocycles. The highest BCUT2D eigenvalue weighted by Crippen LogP contribution is 2.39. The van der Waals surface area contributed by atoms with Gasteiger partial charge in [0, 0.05) is 24.0 Å². The van der Waals surface area contributed by atoms with Gasteiger partial charge in [0.2, 0.25) is 10.0 Å². The number of benzene rings is 1. The first-order chi connectivity index (χ1) is 11.6. The van der Waals surface area contributed by atoms with E-state index in [4.69, 9.17) is 0 Å². The fourth-order valence-electron chi connectivity index (χ4n) is 3.61. The second kappa shape index (κ2) is 7.33. The first-order valence-corrected chi connectivity index (χ1v) is 10.3. The van der Waals surface area contributed by atoms with Crippen molar-refractivity contribution < 1.29 is 18.3 Å². The Kier molecular flexibility index (Phi) is 5.79. The van der Waals surface area contributed by atoms with E-state index >= 15 is 0 Å². The highest BCUT2D eigenvalue weighted by molar-refractivity contribution is 7.89. The monoisotopic (exact) mass is 368 g/mol. The summed E-state index contributed by atoms with van der Waals surface area (Å²) in [7, 11) is -3.48. The van der Waals surface area contributed by atoms with Crippen LogP contribution in [-0.4, -0.2) is 48.4 Å². The lowest BCUT2D eigenvalue weighted by Crippen LogP contribution is -2.53. The predicted octanol–water partition coefficient (Wildman–Crippen LogP) is 2.80. The Hall–Kier alpha value is -1.60. The lowest BCUT2D eigenvalue weighted by molar-refractivity contribution is 0.0665. The van der Waals surface area contributed by atoms with Crippen LogP contribution in [0.2, 0.25) is 0 Å². The average Bonchev–Trinajstić information content (AvgIpc) is 2.81. The van der Waals surface area contributed by atoms with Crippen molar-refractivity contribution in [1.29, 1.82) is 0 Å². The molecule has 0 unspecified atom stereocenters. The van der Waals surface area contributed by atoms with E-state index in [0.717, 1.165) is 11.1 Å². The second-order valence-corrected chi connectivity index (χ2v) is 9.43. The van der Waals surface area contributed by atoms with E-state index < -0.39 is 27.7 Å². The molecule has 0 aliphatic heterocycles. The fraction of sp³-hybridized carbons (Fsp3) is 0.611. The SMILES string of the molecule is CCCNS(=O)(=O)C[C@@H]1c2ccccc2C[C@H]1N(C(=O)O)C(C)(C)C. The van der Waals surface area contributed by atoms with E-state index in [1.54, 1.807) is 0 Å². The van der Waals surface area contributed by atoms with Crippen LogP contribution >= 0.6 is 0 Å². The van der Waals surface area contributed by atoms with Crippen LogP contribution in [0.3, 0.4) is 0 Å². The molecule has 1 aromatic rings. The van der Waals surface area contributed by atoms with Crippen LogP contribution in [0.25, 0.3) is 0 Å². The van der Waals surface area contributed by atoms with Gasteiger partial charge in [-0.3, -0.25) is 4.90 Å². The summed E-state index contributed by atoms with van der Waals surface area (Å²) in [5.41, 5.74) is 1.35. The number of hydrogen-bond donors (Lipinski definition) is 2. The Labute approximate surface area is 150 Å². The molecule has 2 atom stereocenters. The fourth-order valence-corrected chi connectivity index (χ4v) is 5.12. The number of rotatable bonds is 6. The van der Waals surface area contributed by atoms with Crippen LogP contribution in [0, 0.1) is 0 Å². The average molecular weight is 368 g/mol. The van der Waals surface area contributed by atoms with Gasteiger partial charge in [0.25, 0.3) is 0 Å². The van der Waals surface area contributed by atoms with Crippen LogP contribution in [-0.2, 0) is 16.4 Å². The molecule has 1 aromatic carbocycles. The number of nitrogens with one attached hydrogen (secondary N) is 1. The van der Waals surface area contributed by atoms with Crippen LogP contribution < -0.4 is 4.72 Å². The third-order valence-corrected chi connectivity index (χ3v) is 6.02. The van der Waals surface area contributed by atoms with Crippen LogP contribution in [0.5, 0.6) is 0 Å². The number of carboxylic acid groups (broad SMARTS) is 1. The second-order valence-electron chi connectivity index (χ2n) is 7.58. The van der Waals surface area contributed by atoms with Gasteiger partial charge in [-0.1, -0.05) is 31.2 Å². The predicted molar refractivity (Wildman–Crippen MR) is 98.4 cm³/mol. The lowest BCUT2D eigenvalue weighted by Gasteiger charge is -2.40. The molecular formula is C18H28N2O4S. The van der Waals surface area contributed by atoms with Crippen molar-refractivity contribution in [2.45, 2.75) is 58.0 Å². The van der Waals surface area contributed by atoms with Gasteiger partial charge in [-0.2, -0.15) is 0 Å². The molecule has 0 fully saturated rings. The molecule has 25 heavy (non-hydrogen) atoms. The van der Waals surface area contributed by atoms with Crippen molar-refractivity contribution in [2.24, 2.45) is 0 Å². The van der Waals surface area contributed by atoms with Crippen molar-refractivity contribution in [3.05, 3.63) is 35.4 Å². The molecule has 0 saturated carbocycles. The third-order valence-electron chi connectivity index (χ3n) is 4.58. The van der Waals surface area contributed by atoms with Gasteiger partial charge in [-0.25, -0.2) is 17.9 Å². The van der Waals surface area contributed by atoms with Crippen LogP contribution in [0.15, 0.2) is 24.3 Å². The Morgan fingerprint density at radius 2 is 1.96 bits per heavy atom. The van der Waals surface area contributed by atoms with Gasteiger partial charge >= 0.3 is 6.09 Å². The van der Waals surface area contributed by atoms with Crippen molar-refractivity contribution in [2.75, 3.05) is 12.3 Å². The minimum atomic E-state index is -3.48. The Morgan fingerprint density at radius 3 is 2.52 bits per heavy atom. The van der Waals surface area contributed by atoms with Gasteiger partial charge in [0.1, 0.15) is 0 Å². The topological polar surface area (TPSA) is 86.7 Å². The Bertz CT molecular complexity index is 725. The zero-order valence-corrected chi connectivity index (χ0v) is 16.1. The summed E-state index contributed by atoms with van der Waals surface area (Å²) in [4.78, 5) is 13.3. The molecule has 1 amide bonds. The smallest absolute Gasteiger partial charge is 0.408 e. The normalized spacial score (nSPS) is 20.3. The van der Waals surface area contributed by atoms with E-state index in [0.29, 0.717) is 19.4 Å². The van der Waals surface area contributed by atoms with Crippen LogP contribution in [0.4, 0.5) is 4.79 Å². The highest BCUT2D eigenvalue weighted by Gasteiger charge is 2.44. The molecular weight excluding hydrogens is 340 g/mol. The van der Waals surface area contributed by atoms with E-state index in [9.17, 15) is 18.3 Å². The molecule has 0 aromatic heterocycles. The summed E-state index contributed by atoms with van der Waals surface area (Å²) in [6.45, 7) is 7.81. The maximum Gasteiger partial charge on any atom is 0.408 e. The largest absolute Gasteiger partial charge is 0.465 e. The quantitative estimate of drug-likeness (QED) is 0.808. The molecule has 140 valence electrons. The summed E-state index contributed by atoms with van der Waals surface area (Å²) < 4.78 is 27.5. The van der Waals surface area contributed by atoms with Gasteiger partial charge in [-0.05, 0) is 44.7 Å². The standard InChI is InChI=1S/C18H28N2O4S/c1-5-10-19-25(23,24)12-15-14-9-7-6-8-13(14)11-16(15)20(17(21)22)18(2,3)4/h6-9,15-16,19H,5,10-12H2,1-4H3,(H,21,22)/t15-,16-/m1/s1. The number of carbonyl (C=O) groups is 1. The number of amides is 1. The first-order valence-electron chi connectivity index (χ1n) is 8.64. The summed E-state index contributed by atoms with van der Waals surface area (Å²) in [5, 5.41) is 9.77. The van der Waals surface area contributed by atoms with Crippen molar-refractivity contribution in [3.8, 4) is 0 Å². The molecule has 0 saturated heterocycles. The van der Waals surface area contributed by atoms with E-state index in [-0.39, 0.29) is 11.7 Å². The zero-order chi connectivity index (χ0) is 18.8. The lowest BCUT2D eigenvalue weighted by atomic mass is 9.95. The van der Waals surface area contributed by atoms with Crippen molar-refractivity contribution in [3.63, 3.8) is 0 Å². The van der Waals surface area contributed by atoms with Gasteiger partial charge < -0.3 is 5.11 Å². The minimum Gasteiger partial charge on any atom is -0.465 e. The third kappa shape index (κ3) is 4.52. The van der Waals surface area contributed by atoms with E-state index in [1.807, 2.05) is 52.0 Å². The molecule has 7 heteroatoms. The van der Waals surface area contributed by atoms with Crippen molar-refractivity contribution >= 4 is 16.1 Å². The summed E-state index contributed by atoms with van der Waals surface area (Å²) in [6, 6.07) is 7.26. The molecule has 0 spiro atoms. The first kappa shape index (κ1) is 19.7. The van der Waals surface area contributed by atoms with Crippen LogP contribution in [0.1, 0.15) is 51.2 Å². The van der Waals surface area contributed by atoms with Crippen molar-refractivity contribution in [1.82, 2.24) is 9.62 Å². The summed E-state index contributed by atoms with van der Waals surface area (Å²) in [6.07, 6.45) is 0.232. The zero-order valence-electron chi connectivity index (χ0n) is 15.3. The van der Waals surface area contributed by atoms with E-state index in [2.05, 4.69) is 4.72 Å². The molecule has 0 radical (unpaired) electrons. The number of fused-ring (bicyclic) bond motifs is 1. The number of hydrogen-bond acceptors (Lipinski definition) is 3. The van der Waals surface area contributed by atoms with Gasteiger partial charge in [0.05, 0.1) is 5.75 Å². The minimum absolute atomic E-state index is 0.103. The molecule has 2 rings (SSSR count). The Balaban J connectivity index is 2.41. The number of nitrogens with zero attached hydrogens (tertiary/aromatic N) is 1. The molecule has 0 heterocycles. The summed E-state index contributed by atoms with van der Waals surface area (Å²) in [5.74, 6) is -0.477. The van der Waals surface area contributed by atoms with Gasteiger partial charge in [0.15, 0.2) is 0 Å². The maximum absolute atomic E-state index is 12.5. The highest BCUT2D eigenvalue weighted by atomic mass is 32.2. The summed E-state index contributed by atoms with van der Waals surface area (Å²) >= 11 is 0. The van der Waals surface area contributed by atoms with Gasteiger partial charge in [-0.15, -0.1) is 0 Å². The molecule has 0 bridgehead atoms. The molecule has 2 N–H and O–H groups in total. The molecule has 1 aliphatic rings.